The molecule has 0 aliphatic rings. The number of carboxylic acid groups (broad SMARTS) is 1. The molecule has 0 spiro atoms. The molecule has 0 aliphatic carbocycles. The molecule has 0 aromatic carbocycles. The van der Waals surface area contributed by atoms with Crippen molar-refractivity contribution in [3.8, 4) is 0 Å². The molecule has 6 nitrogen and oxygen atoms in total. The van der Waals surface area contributed by atoms with E-state index in [1.54, 1.807) is 0 Å². The minimum atomic E-state index is -1.05. The summed E-state index contributed by atoms with van der Waals surface area (Å²) in [6, 6.07) is -1.34. The van der Waals surface area contributed by atoms with Gasteiger partial charge in [0.15, 0.2) is 0 Å². The first kappa shape index (κ1) is 15.7. The highest BCUT2D eigenvalue weighted by atomic mass is 16.5. The second kappa shape index (κ2) is 9.89. The monoisotopic (exact) mass is 246 g/mol. The zero-order chi connectivity index (χ0) is 13.1. The van der Waals surface area contributed by atoms with Gasteiger partial charge in [-0.15, -0.1) is 0 Å². The molecule has 0 bridgehead atoms. The molecule has 0 radical (unpaired) electrons. The van der Waals surface area contributed by atoms with E-state index in [1.165, 1.54) is 6.92 Å². The Morgan fingerprint density at radius 1 is 1.29 bits per heavy atom. The van der Waals surface area contributed by atoms with Crippen LogP contribution in [-0.2, 0) is 9.53 Å². The van der Waals surface area contributed by atoms with Crippen LogP contribution < -0.4 is 10.6 Å². The Morgan fingerprint density at radius 2 is 1.94 bits per heavy atom. The fourth-order valence-corrected chi connectivity index (χ4v) is 1.03. The number of amides is 2. The molecule has 0 unspecified atom stereocenters. The lowest BCUT2D eigenvalue weighted by Crippen LogP contribution is -2.44. The van der Waals surface area contributed by atoms with Gasteiger partial charge >= 0.3 is 12.0 Å². The topological polar surface area (TPSA) is 87.7 Å². The summed E-state index contributed by atoms with van der Waals surface area (Å²) in [5.41, 5.74) is 0. The molecule has 0 saturated heterocycles. The van der Waals surface area contributed by atoms with Crippen molar-refractivity contribution in [2.75, 3.05) is 19.8 Å². The van der Waals surface area contributed by atoms with Crippen LogP contribution >= 0.6 is 0 Å². The highest BCUT2D eigenvalue weighted by Gasteiger charge is 2.12. The van der Waals surface area contributed by atoms with Gasteiger partial charge < -0.3 is 20.5 Å². The number of aliphatic carboxylic acids is 1. The van der Waals surface area contributed by atoms with Gasteiger partial charge in [-0.05, 0) is 19.8 Å². The minimum Gasteiger partial charge on any atom is -0.480 e. The largest absolute Gasteiger partial charge is 0.480 e. The van der Waals surface area contributed by atoms with Crippen molar-refractivity contribution in [2.45, 2.75) is 39.2 Å². The van der Waals surface area contributed by atoms with Gasteiger partial charge in [-0.1, -0.05) is 13.3 Å². The minimum absolute atomic E-state index is 0.464. The predicted octanol–water partition coefficient (Wildman–Crippen LogP) is 0.965. The van der Waals surface area contributed by atoms with E-state index < -0.39 is 18.0 Å². The number of urea groups is 1. The number of carbonyl (C=O) groups excluding carboxylic acids is 1. The predicted molar refractivity (Wildman–Crippen MR) is 64.0 cm³/mol. The fraction of sp³-hybridized carbons (Fsp3) is 0.818. The van der Waals surface area contributed by atoms with Crippen molar-refractivity contribution in [3.05, 3.63) is 0 Å². The fourth-order valence-electron chi connectivity index (χ4n) is 1.03. The quantitative estimate of drug-likeness (QED) is 0.529. The number of carbonyl (C=O) groups is 2. The first-order valence-electron chi connectivity index (χ1n) is 5.92. The third kappa shape index (κ3) is 9.62. The van der Waals surface area contributed by atoms with Crippen LogP contribution in [0.4, 0.5) is 4.79 Å². The molecule has 3 N–H and O–H groups in total. The van der Waals surface area contributed by atoms with Crippen molar-refractivity contribution < 1.29 is 19.4 Å². The van der Waals surface area contributed by atoms with E-state index in [0.717, 1.165) is 25.9 Å². The average molecular weight is 246 g/mol. The molecule has 0 aromatic heterocycles. The Labute approximate surface area is 102 Å². The Balaban J connectivity index is 3.36. The van der Waals surface area contributed by atoms with Crippen molar-refractivity contribution >= 4 is 12.0 Å². The number of hydrogen-bond acceptors (Lipinski definition) is 3. The number of hydrogen-bond donors (Lipinski definition) is 3. The van der Waals surface area contributed by atoms with Gasteiger partial charge in [0.1, 0.15) is 6.04 Å². The first-order chi connectivity index (χ1) is 8.07. The van der Waals surface area contributed by atoms with E-state index >= 15 is 0 Å². The van der Waals surface area contributed by atoms with Crippen LogP contribution in [0.25, 0.3) is 0 Å². The summed E-state index contributed by atoms with van der Waals surface area (Å²) in [5, 5.41) is 13.4. The maximum absolute atomic E-state index is 11.2. The van der Waals surface area contributed by atoms with E-state index in [1.807, 2.05) is 0 Å². The molecule has 0 fully saturated rings. The van der Waals surface area contributed by atoms with Gasteiger partial charge in [0.25, 0.3) is 0 Å². The van der Waals surface area contributed by atoms with Crippen molar-refractivity contribution in [1.82, 2.24) is 10.6 Å². The maximum atomic E-state index is 11.2. The third-order valence-corrected chi connectivity index (χ3v) is 2.11. The van der Waals surface area contributed by atoms with E-state index in [0.29, 0.717) is 13.2 Å². The zero-order valence-corrected chi connectivity index (χ0v) is 10.5. The van der Waals surface area contributed by atoms with Crippen LogP contribution in [0.2, 0.25) is 0 Å². The Hall–Kier alpha value is -1.30. The molecule has 0 saturated carbocycles. The average Bonchev–Trinajstić information content (AvgIpc) is 2.27. The Kier molecular flexibility index (Phi) is 9.14. The lowest BCUT2D eigenvalue weighted by Gasteiger charge is -2.10. The highest BCUT2D eigenvalue weighted by molar-refractivity contribution is 5.82. The second-order valence-electron chi connectivity index (χ2n) is 3.78. The van der Waals surface area contributed by atoms with E-state index in [-0.39, 0.29) is 0 Å². The number of nitrogens with one attached hydrogen (secondary N) is 2. The molecule has 0 heterocycles. The van der Waals surface area contributed by atoms with Crippen molar-refractivity contribution in [2.24, 2.45) is 0 Å². The molecule has 17 heavy (non-hydrogen) atoms. The molecule has 1 atom stereocenters. The molecule has 0 rings (SSSR count). The van der Waals surface area contributed by atoms with Crippen LogP contribution in [0.3, 0.4) is 0 Å². The van der Waals surface area contributed by atoms with Crippen LogP contribution in [0, 0.1) is 0 Å². The summed E-state index contributed by atoms with van der Waals surface area (Å²) < 4.78 is 5.31. The molecule has 100 valence electrons. The maximum Gasteiger partial charge on any atom is 0.325 e. The van der Waals surface area contributed by atoms with Crippen LogP contribution in [0.5, 0.6) is 0 Å². The number of rotatable bonds is 9. The van der Waals surface area contributed by atoms with Crippen molar-refractivity contribution in [3.63, 3.8) is 0 Å². The smallest absolute Gasteiger partial charge is 0.325 e. The highest BCUT2D eigenvalue weighted by Crippen LogP contribution is 1.89. The van der Waals surface area contributed by atoms with E-state index in [2.05, 4.69) is 17.6 Å². The molecule has 0 aromatic rings. The van der Waals surface area contributed by atoms with Crippen molar-refractivity contribution in [1.29, 1.82) is 0 Å². The summed E-state index contributed by atoms with van der Waals surface area (Å²) in [4.78, 5) is 21.6. The standard InChI is InChI=1S/C11H22N2O4/c1-3-4-7-17-8-5-6-12-11(16)13-9(2)10(14)15/h9H,3-8H2,1-2H3,(H,14,15)(H2,12,13,16)/t9-/m0/s1. The van der Waals surface area contributed by atoms with Gasteiger partial charge in [0.05, 0.1) is 0 Å². The van der Waals surface area contributed by atoms with Gasteiger partial charge in [0, 0.05) is 19.8 Å². The molecular formula is C11H22N2O4. The Morgan fingerprint density at radius 3 is 2.53 bits per heavy atom. The van der Waals surface area contributed by atoms with Crippen LogP contribution in [0.15, 0.2) is 0 Å². The van der Waals surface area contributed by atoms with E-state index in [9.17, 15) is 9.59 Å². The van der Waals surface area contributed by atoms with E-state index in [4.69, 9.17) is 9.84 Å². The summed E-state index contributed by atoms with van der Waals surface area (Å²) in [6.45, 7) is 5.34. The lowest BCUT2D eigenvalue weighted by atomic mass is 10.3. The molecule has 0 aliphatic heterocycles. The molecule has 6 heteroatoms. The second-order valence-corrected chi connectivity index (χ2v) is 3.78. The van der Waals surface area contributed by atoms with Gasteiger partial charge in [-0.3, -0.25) is 4.79 Å². The van der Waals surface area contributed by atoms with Gasteiger partial charge in [0.2, 0.25) is 0 Å². The summed E-state index contributed by atoms with van der Waals surface area (Å²) in [7, 11) is 0. The third-order valence-electron chi connectivity index (χ3n) is 2.11. The first-order valence-corrected chi connectivity index (χ1v) is 5.92. The summed E-state index contributed by atoms with van der Waals surface area (Å²) in [5.74, 6) is -1.05. The van der Waals surface area contributed by atoms with Crippen LogP contribution in [0.1, 0.15) is 33.1 Å². The number of carboxylic acids is 1. The number of ether oxygens (including phenoxy) is 1. The van der Waals surface area contributed by atoms with Crippen LogP contribution in [-0.4, -0.2) is 42.9 Å². The van der Waals surface area contributed by atoms with Gasteiger partial charge in [-0.25, -0.2) is 4.79 Å². The SMILES string of the molecule is CCCCOCCCNC(=O)N[C@@H](C)C(=O)O. The van der Waals surface area contributed by atoms with Gasteiger partial charge in [-0.2, -0.15) is 0 Å². The Bertz CT molecular complexity index is 234. The summed E-state index contributed by atoms with van der Waals surface area (Å²) >= 11 is 0. The number of unbranched alkanes of at least 4 members (excludes halogenated alkanes) is 1. The zero-order valence-electron chi connectivity index (χ0n) is 10.5. The summed E-state index contributed by atoms with van der Waals surface area (Å²) in [6.07, 6.45) is 2.87. The normalized spacial score (nSPS) is 11.9. The molecule has 2 amide bonds. The molecular weight excluding hydrogens is 224 g/mol. The lowest BCUT2D eigenvalue weighted by molar-refractivity contribution is -0.138.